The van der Waals surface area contributed by atoms with Gasteiger partial charge in [-0.25, -0.2) is 8.42 Å². The van der Waals surface area contributed by atoms with Crippen LogP contribution in [0.5, 0.6) is 11.5 Å². The normalized spacial score (nSPS) is 15.0. The molecule has 0 aliphatic carbocycles. The quantitative estimate of drug-likeness (QED) is 0.714. The molecule has 0 bridgehead atoms. The molecule has 0 saturated carbocycles. The summed E-state index contributed by atoms with van der Waals surface area (Å²) in [4.78, 5) is 12.4. The molecule has 0 unspecified atom stereocenters. The number of halogens is 1. The number of hydrogen-bond acceptors (Lipinski definition) is 5. The number of carbonyl (C=O) groups excluding carboxylic acids is 1. The van der Waals surface area contributed by atoms with Gasteiger partial charge < -0.3 is 14.8 Å². The molecule has 29 heavy (non-hydrogen) atoms. The van der Waals surface area contributed by atoms with E-state index in [-0.39, 0.29) is 17.2 Å². The molecule has 3 rings (SSSR count). The fourth-order valence-electron chi connectivity index (χ4n) is 3.09. The lowest BCUT2D eigenvalue weighted by atomic mass is 10.2. The van der Waals surface area contributed by atoms with Gasteiger partial charge in [-0.15, -0.1) is 0 Å². The number of carbonyl (C=O) groups is 1. The van der Waals surface area contributed by atoms with Crippen molar-refractivity contribution in [2.24, 2.45) is 0 Å². The van der Waals surface area contributed by atoms with Gasteiger partial charge in [0.15, 0.2) is 6.61 Å². The van der Waals surface area contributed by atoms with E-state index in [1.165, 1.54) is 29.6 Å². The van der Waals surface area contributed by atoms with Gasteiger partial charge in [0.05, 0.1) is 17.7 Å². The first-order chi connectivity index (χ1) is 13.9. The maximum Gasteiger partial charge on any atom is 0.262 e. The van der Waals surface area contributed by atoms with Crippen molar-refractivity contribution in [2.75, 3.05) is 32.1 Å². The summed E-state index contributed by atoms with van der Waals surface area (Å²) in [6.45, 7) is 0.750. The van der Waals surface area contributed by atoms with Gasteiger partial charge in [0.1, 0.15) is 11.5 Å². The summed E-state index contributed by atoms with van der Waals surface area (Å²) < 4.78 is 38.0. The van der Waals surface area contributed by atoms with E-state index in [2.05, 4.69) is 5.32 Å². The number of anilines is 1. The molecule has 1 N–H and O–H groups in total. The minimum absolute atomic E-state index is 0.117. The van der Waals surface area contributed by atoms with Crippen LogP contribution in [-0.2, 0) is 14.8 Å². The van der Waals surface area contributed by atoms with Crippen molar-refractivity contribution in [3.05, 3.63) is 47.5 Å². The lowest BCUT2D eigenvalue weighted by Gasteiger charge is -2.26. The van der Waals surface area contributed by atoms with E-state index in [1.807, 2.05) is 0 Å². The monoisotopic (exact) mass is 438 g/mol. The fourth-order valence-corrected chi connectivity index (χ4v) is 4.82. The summed E-state index contributed by atoms with van der Waals surface area (Å²) in [7, 11) is -2.17. The lowest BCUT2D eigenvalue weighted by Crippen LogP contribution is -2.35. The average molecular weight is 439 g/mol. The maximum atomic E-state index is 12.9. The van der Waals surface area contributed by atoms with Gasteiger partial charge in [-0.3, -0.25) is 4.79 Å². The third-order valence-corrected chi connectivity index (χ3v) is 6.69. The number of rotatable bonds is 7. The van der Waals surface area contributed by atoms with Gasteiger partial charge in [-0.1, -0.05) is 24.1 Å². The molecule has 2 aromatic carbocycles. The SMILES string of the molecule is COc1ccc(S(=O)(=O)N2CCCCC2)cc1NC(=O)COc1cccc(Cl)c1. The van der Waals surface area contributed by atoms with E-state index in [0.29, 0.717) is 29.6 Å². The molecule has 1 amide bonds. The van der Waals surface area contributed by atoms with E-state index in [4.69, 9.17) is 21.1 Å². The number of benzene rings is 2. The molecule has 0 atom stereocenters. The number of nitrogens with one attached hydrogen (secondary N) is 1. The van der Waals surface area contributed by atoms with E-state index >= 15 is 0 Å². The van der Waals surface area contributed by atoms with Crippen LogP contribution in [0.1, 0.15) is 19.3 Å². The molecule has 1 saturated heterocycles. The third-order valence-electron chi connectivity index (χ3n) is 4.56. The van der Waals surface area contributed by atoms with Crippen LogP contribution in [0.4, 0.5) is 5.69 Å². The van der Waals surface area contributed by atoms with Crippen molar-refractivity contribution >= 4 is 33.2 Å². The van der Waals surface area contributed by atoms with Gasteiger partial charge in [-0.2, -0.15) is 4.31 Å². The number of sulfonamides is 1. The molecule has 0 radical (unpaired) electrons. The van der Waals surface area contributed by atoms with Crippen molar-refractivity contribution in [1.82, 2.24) is 4.31 Å². The molecule has 1 fully saturated rings. The second-order valence-electron chi connectivity index (χ2n) is 6.62. The number of ether oxygens (including phenoxy) is 2. The molecule has 2 aromatic rings. The van der Waals surface area contributed by atoms with Crippen molar-refractivity contribution in [3.8, 4) is 11.5 Å². The highest BCUT2D eigenvalue weighted by Gasteiger charge is 2.27. The van der Waals surface area contributed by atoms with Crippen molar-refractivity contribution in [2.45, 2.75) is 24.2 Å². The summed E-state index contributed by atoms with van der Waals surface area (Å²) in [5, 5.41) is 3.16. The van der Waals surface area contributed by atoms with Gasteiger partial charge in [-0.05, 0) is 49.2 Å². The number of piperidine rings is 1. The standard InChI is InChI=1S/C20H23ClN2O5S/c1-27-19-9-8-17(29(25,26)23-10-3-2-4-11-23)13-18(19)22-20(24)14-28-16-7-5-6-15(21)12-16/h5-9,12-13H,2-4,10-11,14H2,1H3,(H,22,24). The van der Waals surface area contributed by atoms with Crippen LogP contribution >= 0.6 is 11.6 Å². The largest absolute Gasteiger partial charge is 0.495 e. The van der Waals surface area contributed by atoms with E-state index < -0.39 is 15.9 Å². The van der Waals surface area contributed by atoms with E-state index in [1.54, 1.807) is 24.3 Å². The summed E-state index contributed by atoms with van der Waals surface area (Å²) in [5.74, 6) is 0.371. The minimum Gasteiger partial charge on any atom is -0.495 e. The first-order valence-corrected chi connectivity index (χ1v) is 11.1. The Balaban J connectivity index is 1.73. The molecule has 0 aromatic heterocycles. The molecule has 1 aliphatic rings. The van der Waals surface area contributed by atoms with Crippen LogP contribution in [0, 0.1) is 0 Å². The highest BCUT2D eigenvalue weighted by molar-refractivity contribution is 7.89. The van der Waals surface area contributed by atoms with Crippen LogP contribution in [0.25, 0.3) is 0 Å². The number of amides is 1. The zero-order valence-corrected chi connectivity index (χ0v) is 17.6. The molecule has 156 valence electrons. The van der Waals surface area contributed by atoms with Gasteiger partial charge >= 0.3 is 0 Å². The maximum absolute atomic E-state index is 12.9. The smallest absolute Gasteiger partial charge is 0.262 e. The predicted molar refractivity (Wildman–Crippen MR) is 111 cm³/mol. The zero-order chi connectivity index (χ0) is 20.9. The molecule has 1 aliphatic heterocycles. The van der Waals surface area contributed by atoms with Crippen LogP contribution in [-0.4, -0.2) is 45.4 Å². The summed E-state index contributed by atoms with van der Waals surface area (Å²) in [6, 6.07) is 11.1. The van der Waals surface area contributed by atoms with Crippen molar-refractivity contribution in [1.29, 1.82) is 0 Å². The van der Waals surface area contributed by atoms with Gasteiger partial charge in [0.25, 0.3) is 5.91 Å². The second-order valence-corrected chi connectivity index (χ2v) is 9.00. The Hall–Kier alpha value is -2.29. The summed E-state index contributed by atoms with van der Waals surface area (Å²) in [6.07, 6.45) is 2.72. The average Bonchev–Trinajstić information content (AvgIpc) is 2.73. The predicted octanol–water partition coefficient (Wildman–Crippen LogP) is 3.54. The Labute approximate surface area is 175 Å². The number of hydrogen-bond donors (Lipinski definition) is 1. The lowest BCUT2D eigenvalue weighted by molar-refractivity contribution is -0.118. The first kappa shape index (κ1) is 21.4. The van der Waals surface area contributed by atoms with Crippen LogP contribution in [0.15, 0.2) is 47.4 Å². The summed E-state index contributed by atoms with van der Waals surface area (Å²) in [5.41, 5.74) is 0.269. The minimum atomic E-state index is -3.62. The topological polar surface area (TPSA) is 84.9 Å². The highest BCUT2D eigenvalue weighted by Crippen LogP contribution is 2.30. The van der Waals surface area contributed by atoms with E-state index in [9.17, 15) is 13.2 Å². The van der Waals surface area contributed by atoms with Crippen molar-refractivity contribution < 1.29 is 22.7 Å². The van der Waals surface area contributed by atoms with Crippen molar-refractivity contribution in [3.63, 3.8) is 0 Å². The number of methoxy groups -OCH3 is 1. The molecule has 7 nitrogen and oxygen atoms in total. The highest BCUT2D eigenvalue weighted by atomic mass is 35.5. The van der Waals surface area contributed by atoms with Gasteiger partial charge in [0.2, 0.25) is 10.0 Å². The Morgan fingerprint density at radius 2 is 1.90 bits per heavy atom. The Morgan fingerprint density at radius 1 is 1.14 bits per heavy atom. The first-order valence-electron chi connectivity index (χ1n) is 9.26. The van der Waals surface area contributed by atoms with Crippen LogP contribution in [0.3, 0.4) is 0 Å². The second kappa shape index (κ2) is 9.47. The number of nitrogens with zero attached hydrogens (tertiary/aromatic N) is 1. The zero-order valence-electron chi connectivity index (χ0n) is 16.1. The Morgan fingerprint density at radius 3 is 2.59 bits per heavy atom. The molecule has 9 heteroatoms. The molecule has 1 heterocycles. The molecule has 0 spiro atoms. The Bertz CT molecular complexity index is 975. The van der Waals surface area contributed by atoms with Gasteiger partial charge in [0, 0.05) is 18.1 Å². The Kier molecular flexibility index (Phi) is 7.00. The van der Waals surface area contributed by atoms with E-state index in [0.717, 1.165) is 19.3 Å². The molecular formula is C20H23ClN2O5S. The van der Waals surface area contributed by atoms with Crippen LogP contribution < -0.4 is 14.8 Å². The fraction of sp³-hybridized carbons (Fsp3) is 0.350. The molecular weight excluding hydrogens is 416 g/mol. The third kappa shape index (κ3) is 5.41. The summed E-state index contributed by atoms with van der Waals surface area (Å²) >= 11 is 5.90. The van der Waals surface area contributed by atoms with Crippen LogP contribution in [0.2, 0.25) is 5.02 Å².